The summed E-state index contributed by atoms with van der Waals surface area (Å²) in [4.78, 5) is 33.5. The van der Waals surface area contributed by atoms with Crippen molar-refractivity contribution in [1.82, 2.24) is 15.3 Å². The molecule has 8 atom stereocenters. The monoisotopic (exact) mass is 609 g/mol. The van der Waals surface area contributed by atoms with Crippen LogP contribution in [0, 0.1) is 45.3 Å². The van der Waals surface area contributed by atoms with Crippen LogP contribution in [-0.2, 0) is 11.2 Å². The Morgan fingerprint density at radius 1 is 0.844 bits per heavy atom. The number of benzene rings is 1. The van der Waals surface area contributed by atoms with E-state index in [0.717, 1.165) is 19.3 Å². The Morgan fingerprint density at radius 2 is 1.58 bits per heavy atom. The summed E-state index contributed by atoms with van der Waals surface area (Å²) in [5.41, 5.74) is 3.58. The smallest absolute Gasteiger partial charge is 0.335 e. The zero-order chi connectivity index (χ0) is 31.8. The van der Waals surface area contributed by atoms with Gasteiger partial charge in [0.25, 0.3) is 0 Å². The lowest BCUT2D eigenvalue weighted by molar-refractivity contribution is -0.216. The van der Waals surface area contributed by atoms with Gasteiger partial charge in [-0.3, -0.25) is 4.79 Å². The summed E-state index contributed by atoms with van der Waals surface area (Å²) in [5, 5.41) is 13.0. The molecule has 1 aromatic carbocycles. The molecule has 3 unspecified atom stereocenters. The minimum absolute atomic E-state index is 0.0107. The summed E-state index contributed by atoms with van der Waals surface area (Å²) in [7, 11) is 0. The van der Waals surface area contributed by atoms with E-state index < -0.39 is 5.97 Å². The maximum atomic E-state index is 13.4. The second-order valence-electron chi connectivity index (χ2n) is 16.6. The standard InChI is InChI=1S/C39H51N3O3/c1-35(2)27(25-9-11-26(12-10-25)34(44)45)15-18-36(3)30(35)16-19-38(5)31(36)14-13-28-29-8-6-17-39(29,21-20-37(28,38)4)42-33(43)24-32-40-22-7-23-41-32/h7,9-12,15,22-23,28-31H,6,8,13-14,16-21,24H2,1-5H3,(H,42,43)(H,44,45)/t28-,29?,30?,31?,36+,37-,38-,39+/m1/s1. The lowest BCUT2D eigenvalue weighted by Gasteiger charge is -2.72. The molecule has 1 heterocycles. The largest absolute Gasteiger partial charge is 0.478 e. The van der Waals surface area contributed by atoms with Crippen molar-refractivity contribution in [2.75, 3.05) is 0 Å². The number of allylic oxidation sites excluding steroid dienone is 2. The second kappa shape index (κ2) is 10.5. The number of rotatable bonds is 5. The maximum Gasteiger partial charge on any atom is 0.335 e. The van der Waals surface area contributed by atoms with Crippen molar-refractivity contribution in [1.29, 1.82) is 0 Å². The lowest BCUT2D eigenvalue weighted by Crippen LogP contribution is -2.67. The molecule has 0 aliphatic heterocycles. The highest BCUT2D eigenvalue weighted by Gasteiger charge is 2.69. The zero-order valence-corrected chi connectivity index (χ0v) is 27.9. The van der Waals surface area contributed by atoms with Crippen LogP contribution in [0.1, 0.15) is 121 Å². The van der Waals surface area contributed by atoms with Crippen molar-refractivity contribution in [2.45, 2.75) is 111 Å². The Bertz CT molecular complexity index is 1520. The van der Waals surface area contributed by atoms with E-state index in [-0.39, 0.29) is 39.5 Å². The second-order valence-corrected chi connectivity index (χ2v) is 16.6. The summed E-state index contributed by atoms with van der Waals surface area (Å²) < 4.78 is 0. The average Bonchev–Trinajstić information content (AvgIpc) is 3.41. The van der Waals surface area contributed by atoms with Gasteiger partial charge in [0.15, 0.2) is 0 Å². The zero-order valence-electron chi connectivity index (χ0n) is 27.9. The first-order chi connectivity index (χ1) is 21.3. The minimum Gasteiger partial charge on any atom is -0.478 e. The fourth-order valence-corrected chi connectivity index (χ4v) is 12.6. The van der Waals surface area contributed by atoms with E-state index in [9.17, 15) is 14.7 Å². The van der Waals surface area contributed by atoms with Gasteiger partial charge in [0.1, 0.15) is 5.82 Å². The Morgan fingerprint density at radius 3 is 2.29 bits per heavy atom. The fourth-order valence-electron chi connectivity index (χ4n) is 12.6. The molecule has 6 heteroatoms. The topological polar surface area (TPSA) is 92.2 Å². The van der Waals surface area contributed by atoms with Gasteiger partial charge in [-0.25, -0.2) is 14.8 Å². The quantitative estimate of drug-likeness (QED) is 0.357. The molecule has 0 radical (unpaired) electrons. The third-order valence-corrected chi connectivity index (χ3v) is 14.7. The van der Waals surface area contributed by atoms with E-state index in [4.69, 9.17) is 0 Å². The fraction of sp³-hybridized carbons (Fsp3) is 0.641. The highest BCUT2D eigenvalue weighted by Crippen LogP contribution is 2.76. The minimum atomic E-state index is -0.872. The third kappa shape index (κ3) is 4.47. The molecular weight excluding hydrogens is 558 g/mol. The number of nitrogens with one attached hydrogen (secondary N) is 1. The van der Waals surface area contributed by atoms with Crippen molar-refractivity contribution < 1.29 is 14.7 Å². The summed E-state index contributed by atoms with van der Waals surface area (Å²) in [6, 6.07) is 9.34. The normalized spacial score (nSPS) is 39.8. The number of aromatic carboxylic acids is 1. The first kappa shape index (κ1) is 30.6. The molecule has 4 saturated carbocycles. The molecule has 4 fully saturated rings. The van der Waals surface area contributed by atoms with Gasteiger partial charge in [-0.05, 0) is 132 Å². The summed E-state index contributed by atoms with van der Waals surface area (Å²) in [6.45, 7) is 12.8. The summed E-state index contributed by atoms with van der Waals surface area (Å²) >= 11 is 0. The maximum absolute atomic E-state index is 13.4. The predicted molar refractivity (Wildman–Crippen MR) is 176 cm³/mol. The Balaban J connectivity index is 1.15. The molecule has 5 aliphatic carbocycles. The van der Waals surface area contributed by atoms with Gasteiger partial charge >= 0.3 is 5.97 Å². The van der Waals surface area contributed by atoms with Crippen LogP contribution in [0.2, 0.25) is 0 Å². The van der Waals surface area contributed by atoms with Gasteiger partial charge in [0, 0.05) is 17.9 Å². The van der Waals surface area contributed by atoms with Gasteiger partial charge in [0.2, 0.25) is 5.91 Å². The van der Waals surface area contributed by atoms with E-state index in [1.54, 1.807) is 30.6 Å². The van der Waals surface area contributed by atoms with Crippen LogP contribution in [0.25, 0.3) is 5.57 Å². The van der Waals surface area contributed by atoms with Gasteiger partial charge in [0.05, 0.1) is 12.0 Å². The molecule has 1 aromatic heterocycles. The van der Waals surface area contributed by atoms with Crippen molar-refractivity contribution in [3.8, 4) is 0 Å². The van der Waals surface area contributed by atoms with Crippen LogP contribution in [0.3, 0.4) is 0 Å². The molecule has 0 spiro atoms. The molecule has 5 aliphatic rings. The Kier molecular flexibility index (Phi) is 7.15. The number of carbonyl (C=O) groups is 2. The molecule has 0 bridgehead atoms. The molecular formula is C39H51N3O3. The van der Waals surface area contributed by atoms with Crippen LogP contribution in [0.4, 0.5) is 0 Å². The van der Waals surface area contributed by atoms with Gasteiger partial charge < -0.3 is 10.4 Å². The van der Waals surface area contributed by atoms with E-state index >= 15 is 0 Å². The van der Waals surface area contributed by atoms with Crippen molar-refractivity contribution in [3.63, 3.8) is 0 Å². The molecule has 0 saturated heterocycles. The van der Waals surface area contributed by atoms with E-state index in [0.29, 0.717) is 35.1 Å². The Hall–Kier alpha value is -3.02. The SMILES string of the molecule is CC1(C)C(c2ccc(C(=O)O)cc2)=CC[C@@]2(C)C1CC[C@]1(C)C2CC[C@@H]2C3CCC[C@]3(NC(=O)Cc3ncccn3)CC[C@]21C. The first-order valence-electron chi connectivity index (χ1n) is 17.5. The number of carboxylic acid groups (broad SMARTS) is 1. The van der Waals surface area contributed by atoms with Crippen LogP contribution in [0.15, 0.2) is 48.8 Å². The van der Waals surface area contributed by atoms with Crippen molar-refractivity contribution in [3.05, 3.63) is 65.8 Å². The van der Waals surface area contributed by atoms with E-state index in [2.05, 4.69) is 56.0 Å². The summed E-state index contributed by atoms with van der Waals surface area (Å²) in [6.07, 6.45) is 18.1. The number of hydrogen-bond donors (Lipinski definition) is 2. The molecule has 45 heavy (non-hydrogen) atoms. The first-order valence-corrected chi connectivity index (χ1v) is 17.5. The Labute approximate surface area is 268 Å². The molecule has 240 valence electrons. The molecule has 2 N–H and O–H groups in total. The number of carbonyl (C=O) groups excluding carboxylic acids is 1. The number of hydrogen-bond acceptors (Lipinski definition) is 4. The highest BCUT2D eigenvalue weighted by molar-refractivity contribution is 5.88. The predicted octanol–water partition coefficient (Wildman–Crippen LogP) is 8.13. The summed E-state index contributed by atoms with van der Waals surface area (Å²) in [5.74, 6) is 2.23. The van der Waals surface area contributed by atoms with Crippen LogP contribution >= 0.6 is 0 Å². The lowest BCUT2D eigenvalue weighted by atomic mass is 9.33. The number of nitrogens with zero attached hydrogens (tertiary/aromatic N) is 2. The van der Waals surface area contributed by atoms with Crippen LogP contribution < -0.4 is 5.32 Å². The third-order valence-electron chi connectivity index (χ3n) is 14.7. The number of fused-ring (bicyclic) bond motifs is 7. The highest BCUT2D eigenvalue weighted by atomic mass is 16.4. The number of aromatic nitrogens is 2. The van der Waals surface area contributed by atoms with Gasteiger partial charge in [-0.15, -0.1) is 0 Å². The van der Waals surface area contributed by atoms with Crippen molar-refractivity contribution >= 4 is 17.4 Å². The van der Waals surface area contributed by atoms with E-state index in [1.807, 2.05) is 12.1 Å². The van der Waals surface area contributed by atoms with Crippen molar-refractivity contribution in [2.24, 2.45) is 45.3 Å². The molecule has 2 aromatic rings. The average molecular weight is 610 g/mol. The van der Waals surface area contributed by atoms with Gasteiger partial charge in [-0.1, -0.05) is 59.2 Å². The molecule has 1 amide bonds. The van der Waals surface area contributed by atoms with Crippen LogP contribution in [0.5, 0.6) is 0 Å². The molecule has 7 rings (SSSR count). The number of amides is 1. The number of carboxylic acids is 1. The molecule has 6 nitrogen and oxygen atoms in total. The van der Waals surface area contributed by atoms with Gasteiger partial charge in [-0.2, -0.15) is 0 Å². The van der Waals surface area contributed by atoms with Crippen LogP contribution in [-0.4, -0.2) is 32.5 Å². The van der Waals surface area contributed by atoms with E-state index in [1.165, 1.54) is 56.1 Å².